The summed E-state index contributed by atoms with van der Waals surface area (Å²) in [6.07, 6.45) is 7.31. The summed E-state index contributed by atoms with van der Waals surface area (Å²) >= 11 is 0. The van der Waals surface area contributed by atoms with Gasteiger partial charge in [0.25, 0.3) is 0 Å². The zero-order chi connectivity index (χ0) is 16.4. The van der Waals surface area contributed by atoms with Crippen LogP contribution in [-0.2, 0) is 9.53 Å². The number of esters is 1. The number of ether oxygens (including phenoxy) is 1. The maximum Gasteiger partial charge on any atom is 0.303 e. The third-order valence-corrected chi connectivity index (χ3v) is 3.90. The van der Waals surface area contributed by atoms with E-state index in [1.807, 2.05) is 0 Å². The molecule has 0 amide bonds. The predicted octanol–water partition coefficient (Wildman–Crippen LogP) is 3.50. The highest BCUT2D eigenvalue weighted by Crippen LogP contribution is 2.41. The Kier molecular flexibility index (Phi) is 7.21. The highest BCUT2D eigenvalue weighted by atomic mass is 16.5. The number of carbonyl (C=O) groups is 1. The molecule has 0 aliphatic heterocycles. The van der Waals surface area contributed by atoms with Gasteiger partial charge in [0.2, 0.25) is 0 Å². The fraction of sp³-hybridized carbons (Fsp3) is 0.611. The first-order chi connectivity index (χ1) is 10.6. The van der Waals surface area contributed by atoms with Gasteiger partial charge in [-0.05, 0) is 37.2 Å². The third kappa shape index (κ3) is 4.64. The van der Waals surface area contributed by atoms with E-state index < -0.39 is 5.41 Å². The number of hydrogen-bond acceptors (Lipinski definition) is 4. The Hall–Kier alpha value is -2.25. The van der Waals surface area contributed by atoms with Crippen LogP contribution in [0, 0.1) is 45.8 Å². The third-order valence-electron chi connectivity index (χ3n) is 3.90. The van der Waals surface area contributed by atoms with Gasteiger partial charge in [-0.3, -0.25) is 4.79 Å². The minimum absolute atomic E-state index is 0.000291. The fourth-order valence-electron chi connectivity index (χ4n) is 2.83. The van der Waals surface area contributed by atoms with E-state index in [0.717, 1.165) is 37.7 Å². The number of nitrogens with zero attached hydrogens (tertiary/aromatic N) is 2. The lowest BCUT2D eigenvalue weighted by molar-refractivity contribution is -0.139. The Labute approximate surface area is 132 Å². The van der Waals surface area contributed by atoms with Crippen molar-refractivity contribution in [1.82, 2.24) is 0 Å². The Bertz CT molecular complexity index is 553. The highest BCUT2D eigenvalue weighted by molar-refractivity contribution is 5.66. The minimum Gasteiger partial charge on any atom is -0.453 e. The summed E-state index contributed by atoms with van der Waals surface area (Å²) in [5, 5.41) is 19.2. The van der Waals surface area contributed by atoms with Crippen molar-refractivity contribution < 1.29 is 9.53 Å². The number of hydrogen-bond donors (Lipinski definition) is 0. The summed E-state index contributed by atoms with van der Waals surface area (Å²) in [5.74, 6) is 5.44. The van der Waals surface area contributed by atoms with E-state index in [1.165, 1.54) is 6.92 Å². The lowest BCUT2D eigenvalue weighted by Gasteiger charge is -2.31. The van der Waals surface area contributed by atoms with Crippen molar-refractivity contribution in [3.63, 3.8) is 0 Å². The molecule has 0 aromatic rings. The van der Waals surface area contributed by atoms with Crippen molar-refractivity contribution in [3.05, 3.63) is 11.6 Å². The smallest absolute Gasteiger partial charge is 0.303 e. The molecule has 4 nitrogen and oxygen atoms in total. The molecule has 0 bridgehead atoms. The van der Waals surface area contributed by atoms with Crippen molar-refractivity contribution in [1.29, 1.82) is 10.5 Å². The highest BCUT2D eigenvalue weighted by Gasteiger charge is 2.38. The summed E-state index contributed by atoms with van der Waals surface area (Å²) in [4.78, 5) is 10.7. The van der Waals surface area contributed by atoms with Crippen LogP contribution in [0.4, 0.5) is 0 Å². The maximum absolute atomic E-state index is 10.7. The summed E-state index contributed by atoms with van der Waals surface area (Å²) in [7, 11) is 0. The molecule has 0 radical (unpaired) electrons. The quantitative estimate of drug-likeness (QED) is 0.442. The molecule has 1 aliphatic carbocycles. The maximum atomic E-state index is 10.7. The van der Waals surface area contributed by atoms with Crippen LogP contribution in [0.1, 0.15) is 52.4 Å². The van der Waals surface area contributed by atoms with E-state index in [-0.39, 0.29) is 19.0 Å². The Balaban J connectivity index is 2.91. The van der Waals surface area contributed by atoms with Crippen LogP contribution in [0.25, 0.3) is 0 Å². The number of allylic oxidation sites excluding steroid dienone is 2. The molecular weight excluding hydrogens is 276 g/mol. The van der Waals surface area contributed by atoms with Crippen molar-refractivity contribution in [3.8, 4) is 24.0 Å². The molecule has 1 atom stereocenters. The van der Waals surface area contributed by atoms with E-state index in [2.05, 4.69) is 37.0 Å². The van der Waals surface area contributed by atoms with Crippen molar-refractivity contribution in [2.75, 3.05) is 6.61 Å². The van der Waals surface area contributed by atoms with Gasteiger partial charge in [-0.2, -0.15) is 10.5 Å². The summed E-state index contributed by atoms with van der Waals surface area (Å²) in [6.45, 7) is 3.43. The van der Waals surface area contributed by atoms with Crippen LogP contribution >= 0.6 is 0 Å². The average molecular weight is 298 g/mol. The predicted molar refractivity (Wildman–Crippen MR) is 83.0 cm³/mol. The SMILES string of the molecule is CCCC1CCCC=C1C(C#N)(C#N)CC#CCOC(C)=O. The first-order valence-electron chi connectivity index (χ1n) is 7.71. The van der Waals surface area contributed by atoms with Gasteiger partial charge in [0.1, 0.15) is 0 Å². The van der Waals surface area contributed by atoms with Gasteiger partial charge in [-0.15, -0.1) is 0 Å². The zero-order valence-corrected chi connectivity index (χ0v) is 13.3. The molecule has 116 valence electrons. The number of nitriles is 2. The van der Waals surface area contributed by atoms with Crippen molar-refractivity contribution in [2.24, 2.45) is 11.3 Å². The minimum atomic E-state index is -1.18. The standard InChI is InChI=1S/C18H22N2O2/c1-3-8-16-9-4-5-10-17(16)18(13-19,14-20)11-6-7-12-22-15(2)21/h10,16H,3-5,8-9,11-12H2,1-2H3. The van der Waals surface area contributed by atoms with Crippen LogP contribution in [0.15, 0.2) is 11.6 Å². The summed E-state index contributed by atoms with van der Waals surface area (Å²) in [5.41, 5.74) is -0.240. The molecular formula is C18H22N2O2. The first-order valence-corrected chi connectivity index (χ1v) is 7.71. The first kappa shape index (κ1) is 17.8. The number of carbonyl (C=O) groups excluding carboxylic acids is 1. The Morgan fingerprint density at radius 3 is 2.73 bits per heavy atom. The molecule has 0 heterocycles. The molecule has 0 spiro atoms. The van der Waals surface area contributed by atoms with Gasteiger partial charge < -0.3 is 4.74 Å². The largest absolute Gasteiger partial charge is 0.453 e. The molecule has 0 saturated carbocycles. The molecule has 0 aromatic carbocycles. The second-order valence-corrected chi connectivity index (χ2v) is 5.52. The van der Waals surface area contributed by atoms with Gasteiger partial charge in [0, 0.05) is 13.3 Å². The number of rotatable bonds is 5. The molecule has 0 aromatic heterocycles. The van der Waals surface area contributed by atoms with Gasteiger partial charge in [0.15, 0.2) is 12.0 Å². The van der Waals surface area contributed by atoms with Crippen LogP contribution in [0.5, 0.6) is 0 Å². The van der Waals surface area contributed by atoms with Gasteiger partial charge in [0.05, 0.1) is 12.1 Å². The normalized spacial score (nSPS) is 17.3. The Morgan fingerprint density at radius 2 is 2.14 bits per heavy atom. The van der Waals surface area contributed by atoms with Crippen LogP contribution < -0.4 is 0 Å². The van der Waals surface area contributed by atoms with Crippen LogP contribution in [-0.4, -0.2) is 12.6 Å². The zero-order valence-electron chi connectivity index (χ0n) is 13.3. The molecule has 22 heavy (non-hydrogen) atoms. The van der Waals surface area contributed by atoms with E-state index in [9.17, 15) is 15.3 Å². The van der Waals surface area contributed by atoms with Crippen molar-refractivity contribution >= 4 is 5.97 Å². The molecule has 0 fully saturated rings. The summed E-state index contributed by atoms with van der Waals surface area (Å²) in [6, 6.07) is 4.37. The molecule has 4 heteroatoms. The molecule has 0 saturated heterocycles. The molecule has 0 N–H and O–H groups in total. The molecule has 1 unspecified atom stereocenters. The summed E-state index contributed by atoms with van der Waals surface area (Å²) < 4.78 is 4.74. The second-order valence-electron chi connectivity index (χ2n) is 5.52. The molecule has 1 rings (SSSR count). The topological polar surface area (TPSA) is 73.9 Å². The van der Waals surface area contributed by atoms with Gasteiger partial charge in [-0.1, -0.05) is 31.3 Å². The molecule has 1 aliphatic rings. The Morgan fingerprint density at radius 1 is 1.41 bits per heavy atom. The fourth-order valence-corrected chi connectivity index (χ4v) is 2.83. The lowest BCUT2D eigenvalue weighted by atomic mass is 9.69. The lowest BCUT2D eigenvalue weighted by Crippen LogP contribution is -2.26. The van der Waals surface area contributed by atoms with Crippen LogP contribution in [0.3, 0.4) is 0 Å². The van der Waals surface area contributed by atoms with E-state index in [0.29, 0.717) is 5.92 Å². The van der Waals surface area contributed by atoms with Crippen molar-refractivity contribution in [2.45, 2.75) is 52.4 Å². The van der Waals surface area contributed by atoms with E-state index >= 15 is 0 Å². The van der Waals surface area contributed by atoms with Crippen LogP contribution in [0.2, 0.25) is 0 Å². The second kappa shape index (κ2) is 8.91. The van der Waals surface area contributed by atoms with Gasteiger partial charge >= 0.3 is 5.97 Å². The van der Waals surface area contributed by atoms with E-state index in [4.69, 9.17) is 4.74 Å². The van der Waals surface area contributed by atoms with E-state index in [1.54, 1.807) is 0 Å². The average Bonchev–Trinajstić information content (AvgIpc) is 2.52. The monoisotopic (exact) mass is 298 g/mol. The van der Waals surface area contributed by atoms with Gasteiger partial charge in [-0.25, -0.2) is 0 Å².